The van der Waals surface area contributed by atoms with Crippen molar-refractivity contribution in [3.63, 3.8) is 0 Å². The quantitative estimate of drug-likeness (QED) is 0.588. The summed E-state index contributed by atoms with van der Waals surface area (Å²) in [6.45, 7) is 5.94. The number of halogens is 1. The van der Waals surface area contributed by atoms with Crippen molar-refractivity contribution in [1.82, 2.24) is 4.98 Å². The van der Waals surface area contributed by atoms with E-state index in [9.17, 15) is 13.2 Å². The number of nitrogens with zero attached hydrogens (tertiary/aromatic N) is 2. The first-order valence-electron chi connectivity index (χ1n) is 10.2. The summed E-state index contributed by atoms with van der Waals surface area (Å²) in [5.41, 5.74) is 3.43. The van der Waals surface area contributed by atoms with Crippen LogP contribution in [0.5, 0.6) is 0 Å². The molecule has 1 atom stereocenters. The Kier molecular flexibility index (Phi) is 7.18. The van der Waals surface area contributed by atoms with Gasteiger partial charge in [-0.2, -0.15) is 0 Å². The van der Waals surface area contributed by atoms with Crippen molar-refractivity contribution < 1.29 is 13.2 Å². The Balaban J connectivity index is 1.69. The minimum Gasteiger partial charge on any atom is -0.356 e. The van der Waals surface area contributed by atoms with E-state index >= 15 is 0 Å². The molecule has 8 heteroatoms. The van der Waals surface area contributed by atoms with Gasteiger partial charge in [-0.15, -0.1) is 0 Å². The molecule has 0 saturated carbocycles. The molecule has 0 bridgehead atoms. The lowest BCUT2D eigenvalue weighted by atomic mass is 9.93. The standard InChI is InChI=1S/C22H28BrN3O3S/c1-15-6-7-17(22(24-15)26-12-4-5-13-26)9-11-21(27)16(2)18-8-10-20(19(23)14-18)25-30(3,28)29/h6-8,10,14,16,25H,4-5,9,11-13H2,1-3H3. The lowest BCUT2D eigenvalue weighted by molar-refractivity contribution is -0.120. The highest BCUT2D eigenvalue weighted by Crippen LogP contribution is 2.30. The van der Waals surface area contributed by atoms with Crippen molar-refractivity contribution in [2.75, 3.05) is 29.0 Å². The van der Waals surface area contributed by atoms with E-state index in [2.05, 4.69) is 31.6 Å². The Morgan fingerprint density at radius 1 is 1.23 bits per heavy atom. The van der Waals surface area contributed by atoms with Crippen molar-refractivity contribution in [3.8, 4) is 0 Å². The van der Waals surface area contributed by atoms with E-state index < -0.39 is 10.0 Å². The molecule has 0 amide bonds. The van der Waals surface area contributed by atoms with Crippen LogP contribution in [0, 0.1) is 6.92 Å². The number of anilines is 2. The maximum Gasteiger partial charge on any atom is 0.229 e. The van der Waals surface area contributed by atoms with Crippen LogP contribution in [0.1, 0.15) is 48.9 Å². The molecule has 0 aliphatic carbocycles. The summed E-state index contributed by atoms with van der Waals surface area (Å²) in [6.07, 6.45) is 4.58. The third kappa shape index (κ3) is 5.82. The molecule has 0 radical (unpaired) electrons. The average Bonchev–Trinajstić information content (AvgIpc) is 3.21. The van der Waals surface area contributed by atoms with Gasteiger partial charge in [0.05, 0.1) is 11.9 Å². The monoisotopic (exact) mass is 493 g/mol. The molecule has 162 valence electrons. The summed E-state index contributed by atoms with van der Waals surface area (Å²) < 4.78 is 26.0. The number of hydrogen-bond acceptors (Lipinski definition) is 5. The lowest BCUT2D eigenvalue weighted by Crippen LogP contribution is -2.21. The van der Waals surface area contributed by atoms with Crippen LogP contribution in [-0.2, 0) is 21.2 Å². The molecule has 1 saturated heterocycles. The third-order valence-electron chi connectivity index (χ3n) is 5.41. The zero-order chi connectivity index (χ0) is 21.9. The number of Topliss-reactive ketones (excluding diaryl/α,β-unsaturated/α-hetero) is 1. The number of sulfonamides is 1. The topological polar surface area (TPSA) is 79.4 Å². The molecule has 1 aromatic carbocycles. The number of carbonyl (C=O) groups excluding carboxylic acids is 1. The maximum absolute atomic E-state index is 12.9. The SMILES string of the molecule is Cc1ccc(CCC(=O)C(C)c2ccc(NS(C)(=O)=O)c(Br)c2)c(N2CCCC2)n1. The number of ketones is 1. The van der Waals surface area contributed by atoms with E-state index in [1.54, 1.807) is 18.2 Å². The molecule has 1 unspecified atom stereocenters. The predicted octanol–water partition coefficient (Wildman–Crippen LogP) is 4.43. The number of benzene rings is 1. The second kappa shape index (κ2) is 9.47. The van der Waals surface area contributed by atoms with Crippen LogP contribution < -0.4 is 9.62 Å². The number of rotatable bonds is 8. The van der Waals surface area contributed by atoms with Crippen molar-refractivity contribution >= 4 is 43.2 Å². The van der Waals surface area contributed by atoms with Crippen LogP contribution in [0.25, 0.3) is 0 Å². The van der Waals surface area contributed by atoms with Crippen molar-refractivity contribution in [2.45, 2.75) is 45.4 Å². The highest BCUT2D eigenvalue weighted by Gasteiger charge is 2.20. The first-order valence-corrected chi connectivity index (χ1v) is 12.8. The molecule has 30 heavy (non-hydrogen) atoms. The highest BCUT2D eigenvalue weighted by molar-refractivity contribution is 9.10. The van der Waals surface area contributed by atoms with Gasteiger partial charge in [-0.1, -0.05) is 19.1 Å². The molecule has 1 fully saturated rings. The van der Waals surface area contributed by atoms with E-state index in [4.69, 9.17) is 4.98 Å². The van der Waals surface area contributed by atoms with Gasteiger partial charge in [0, 0.05) is 35.6 Å². The van der Waals surface area contributed by atoms with Crippen LogP contribution in [0.2, 0.25) is 0 Å². The van der Waals surface area contributed by atoms with Gasteiger partial charge in [0.1, 0.15) is 11.6 Å². The molecule has 2 aromatic rings. The van der Waals surface area contributed by atoms with Gasteiger partial charge in [0.2, 0.25) is 10.0 Å². The predicted molar refractivity (Wildman–Crippen MR) is 125 cm³/mol. The molecular formula is C22H28BrN3O3S. The van der Waals surface area contributed by atoms with Gasteiger partial charge < -0.3 is 4.90 Å². The van der Waals surface area contributed by atoms with Crippen LogP contribution in [0.3, 0.4) is 0 Å². The van der Waals surface area contributed by atoms with Crippen molar-refractivity contribution in [3.05, 3.63) is 51.6 Å². The smallest absolute Gasteiger partial charge is 0.229 e. The third-order valence-corrected chi connectivity index (χ3v) is 6.66. The average molecular weight is 494 g/mol. The second-order valence-corrected chi connectivity index (χ2v) is 10.5. The normalized spacial score (nSPS) is 15.3. The van der Waals surface area contributed by atoms with E-state index in [0.717, 1.165) is 42.0 Å². The lowest BCUT2D eigenvalue weighted by Gasteiger charge is -2.21. The number of nitrogens with one attached hydrogen (secondary N) is 1. The largest absolute Gasteiger partial charge is 0.356 e. The number of aryl methyl sites for hydroxylation is 2. The Hall–Kier alpha value is -1.93. The summed E-state index contributed by atoms with van der Waals surface area (Å²) in [7, 11) is -3.36. The first-order chi connectivity index (χ1) is 14.1. The summed E-state index contributed by atoms with van der Waals surface area (Å²) in [5, 5.41) is 0. The fraction of sp³-hybridized carbons (Fsp3) is 0.455. The van der Waals surface area contributed by atoms with Gasteiger partial charge in [-0.25, -0.2) is 13.4 Å². The Morgan fingerprint density at radius 2 is 1.93 bits per heavy atom. The Morgan fingerprint density at radius 3 is 2.57 bits per heavy atom. The molecule has 3 rings (SSSR count). The minimum absolute atomic E-state index is 0.152. The van der Waals surface area contributed by atoms with Gasteiger partial charge in [0.25, 0.3) is 0 Å². The van der Waals surface area contributed by atoms with Crippen molar-refractivity contribution in [2.24, 2.45) is 0 Å². The van der Waals surface area contributed by atoms with Gasteiger partial charge in [0.15, 0.2) is 0 Å². The van der Waals surface area contributed by atoms with Crippen LogP contribution in [0.15, 0.2) is 34.8 Å². The first kappa shape index (κ1) is 22.7. The minimum atomic E-state index is -3.36. The van der Waals surface area contributed by atoms with E-state index in [-0.39, 0.29) is 11.7 Å². The molecule has 1 N–H and O–H groups in total. The van der Waals surface area contributed by atoms with Gasteiger partial charge in [-0.05, 0) is 71.4 Å². The fourth-order valence-corrected chi connectivity index (χ4v) is 4.92. The second-order valence-electron chi connectivity index (χ2n) is 7.93. The number of hydrogen-bond donors (Lipinski definition) is 1. The van der Waals surface area contributed by atoms with Crippen LogP contribution in [0.4, 0.5) is 11.5 Å². The molecule has 1 aliphatic rings. The number of carbonyl (C=O) groups is 1. The van der Waals surface area contributed by atoms with Crippen molar-refractivity contribution in [1.29, 1.82) is 0 Å². The zero-order valence-corrected chi connectivity index (χ0v) is 20.0. The molecule has 1 aliphatic heterocycles. The summed E-state index contributed by atoms with van der Waals surface area (Å²) in [6, 6.07) is 9.38. The number of pyridine rings is 1. The fourth-order valence-electron chi connectivity index (χ4n) is 3.71. The Labute approximate surface area is 187 Å². The molecule has 2 heterocycles. The van der Waals surface area contributed by atoms with Crippen LogP contribution >= 0.6 is 15.9 Å². The van der Waals surface area contributed by atoms with Gasteiger partial charge >= 0.3 is 0 Å². The van der Waals surface area contributed by atoms with Gasteiger partial charge in [-0.3, -0.25) is 9.52 Å². The zero-order valence-electron chi connectivity index (χ0n) is 17.6. The summed E-state index contributed by atoms with van der Waals surface area (Å²) in [4.78, 5) is 19.9. The molecule has 6 nitrogen and oxygen atoms in total. The Bertz CT molecular complexity index is 1030. The van der Waals surface area contributed by atoms with E-state index in [1.165, 1.54) is 12.8 Å². The molecular weight excluding hydrogens is 466 g/mol. The van der Waals surface area contributed by atoms with Crippen LogP contribution in [-0.4, -0.2) is 38.5 Å². The van der Waals surface area contributed by atoms with E-state index in [1.807, 2.05) is 19.9 Å². The highest BCUT2D eigenvalue weighted by atomic mass is 79.9. The summed E-state index contributed by atoms with van der Waals surface area (Å²) in [5.74, 6) is 0.896. The number of aromatic nitrogens is 1. The molecule has 0 spiro atoms. The van der Waals surface area contributed by atoms with E-state index in [0.29, 0.717) is 23.0 Å². The molecule has 1 aromatic heterocycles. The summed E-state index contributed by atoms with van der Waals surface area (Å²) >= 11 is 3.39. The maximum atomic E-state index is 12.9.